The molecule has 1 aliphatic heterocycles. The van der Waals surface area contributed by atoms with Gasteiger partial charge in [-0.3, -0.25) is 4.79 Å². The number of nitrogens with zero attached hydrogens (tertiary/aromatic N) is 2. The minimum atomic E-state index is -4.48. The van der Waals surface area contributed by atoms with Crippen LogP contribution in [0.1, 0.15) is 29.8 Å². The zero-order valence-corrected chi connectivity index (χ0v) is 20.6. The van der Waals surface area contributed by atoms with E-state index in [-0.39, 0.29) is 47.2 Å². The molecule has 3 rings (SSSR count). The fourth-order valence-corrected chi connectivity index (χ4v) is 3.95. The van der Waals surface area contributed by atoms with E-state index in [1.54, 1.807) is 30.0 Å². The highest BCUT2D eigenvalue weighted by Gasteiger charge is 2.34. The highest BCUT2D eigenvalue weighted by Crippen LogP contribution is 2.35. The number of para-hydroxylation sites is 1. The highest BCUT2D eigenvalue weighted by molar-refractivity contribution is 6.04. The minimum absolute atomic E-state index is 0.0903. The Bertz CT molecular complexity index is 1080. The highest BCUT2D eigenvalue weighted by atomic mass is 19.4. The van der Waals surface area contributed by atoms with Crippen LogP contribution in [0, 0.1) is 5.92 Å². The molecule has 36 heavy (non-hydrogen) atoms. The van der Waals surface area contributed by atoms with Crippen molar-refractivity contribution in [3.8, 4) is 5.75 Å². The summed E-state index contributed by atoms with van der Waals surface area (Å²) in [5, 5.41) is 14.9. The molecular weight excluding hydrogens is 477 g/mol. The molecule has 3 N–H and O–H groups in total. The molecular formula is C25H31F3N4O4. The number of carbonyl (C=O) groups excluding carboxylic acids is 2. The topological polar surface area (TPSA) is 94.1 Å². The fraction of sp³-hybridized carbons (Fsp3) is 0.440. The lowest BCUT2D eigenvalue weighted by Crippen LogP contribution is -2.49. The molecule has 0 aromatic heterocycles. The molecule has 11 heteroatoms. The Morgan fingerprint density at radius 1 is 1.19 bits per heavy atom. The van der Waals surface area contributed by atoms with E-state index in [0.717, 1.165) is 24.3 Å². The lowest BCUT2D eigenvalue weighted by molar-refractivity contribution is -0.137. The second-order valence-electron chi connectivity index (χ2n) is 9.22. The summed E-state index contributed by atoms with van der Waals surface area (Å²) in [7, 11) is 3.80. The molecule has 1 aliphatic rings. The van der Waals surface area contributed by atoms with Crippen LogP contribution in [-0.2, 0) is 6.18 Å². The van der Waals surface area contributed by atoms with Crippen LogP contribution >= 0.6 is 0 Å². The number of urea groups is 1. The van der Waals surface area contributed by atoms with Crippen molar-refractivity contribution < 1.29 is 32.6 Å². The van der Waals surface area contributed by atoms with E-state index in [1.807, 2.05) is 25.9 Å². The van der Waals surface area contributed by atoms with Crippen molar-refractivity contribution in [3.63, 3.8) is 0 Å². The maximum atomic E-state index is 13.4. The molecule has 0 radical (unpaired) electrons. The Balaban J connectivity index is 1.91. The molecule has 0 spiro atoms. The van der Waals surface area contributed by atoms with E-state index in [2.05, 4.69) is 10.6 Å². The Morgan fingerprint density at radius 3 is 2.44 bits per heavy atom. The number of aliphatic hydroxyl groups is 1. The number of halogens is 3. The van der Waals surface area contributed by atoms with Gasteiger partial charge in [-0.1, -0.05) is 13.0 Å². The number of alkyl halides is 3. The maximum absolute atomic E-state index is 13.4. The molecule has 8 nitrogen and oxygen atoms in total. The molecule has 0 aliphatic carbocycles. The van der Waals surface area contributed by atoms with Crippen molar-refractivity contribution in [3.05, 3.63) is 53.6 Å². The number of hydrogen-bond donors (Lipinski definition) is 3. The van der Waals surface area contributed by atoms with Crippen molar-refractivity contribution in [2.45, 2.75) is 32.2 Å². The van der Waals surface area contributed by atoms with E-state index in [4.69, 9.17) is 4.74 Å². The second kappa shape index (κ2) is 11.2. The van der Waals surface area contributed by atoms with Crippen LogP contribution in [0.3, 0.4) is 0 Å². The van der Waals surface area contributed by atoms with Crippen LogP contribution in [0.25, 0.3) is 0 Å². The number of benzene rings is 2. The molecule has 3 atom stereocenters. The lowest BCUT2D eigenvalue weighted by Gasteiger charge is -2.38. The van der Waals surface area contributed by atoms with Gasteiger partial charge in [-0.15, -0.1) is 0 Å². The summed E-state index contributed by atoms with van der Waals surface area (Å²) in [5.74, 6) is -0.236. The van der Waals surface area contributed by atoms with Gasteiger partial charge in [0.15, 0.2) is 5.75 Å². The average molecular weight is 509 g/mol. The Morgan fingerprint density at radius 2 is 1.86 bits per heavy atom. The van der Waals surface area contributed by atoms with Gasteiger partial charge in [-0.05, 0) is 57.4 Å². The number of likely N-dealkylation sites (N-methyl/N-ethyl adjacent to an activating group) is 1. The number of nitrogens with one attached hydrogen (secondary N) is 2. The van der Waals surface area contributed by atoms with Crippen LogP contribution in [0.5, 0.6) is 5.75 Å². The van der Waals surface area contributed by atoms with Crippen LogP contribution in [0.4, 0.5) is 29.3 Å². The number of amides is 3. The predicted octanol–water partition coefficient (Wildman–Crippen LogP) is 4.13. The summed E-state index contributed by atoms with van der Waals surface area (Å²) in [6.07, 6.45) is -4.81. The predicted molar refractivity (Wildman–Crippen MR) is 130 cm³/mol. The first-order chi connectivity index (χ1) is 16.9. The second-order valence-corrected chi connectivity index (χ2v) is 9.22. The monoisotopic (exact) mass is 508 g/mol. The first-order valence-corrected chi connectivity index (χ1v) is 11.5. The summed E-state index contributed by atoms with van der Waals surface area (Å²) in [6, 6.07) is 7.70. The third-order valence-corrected chi connectivity index (χ3v) is 5.95. The van der Waals surface area contributed by atoms with E-state index < -0.39 is 23.8 Å². The number of carbonyl (C=O) groups is 2. The summed E-state index contributed by atoms with van der Waals surface area (Å²) < 4.78 is 44.7. The lowest BCUT2D eigenvalue weighted by atomic mass is 9.99. The molecule has 2 aromatic carbocycles. The van der Waals surface area contributed by atoms with E-state index in [1.165, 1.54) is 0 Å². The number of aliphatic hydroxyl groups excluding tert-OH is 1. The summed E-state index contributed by atoms with van der Waals surface area (Å²) >= 11 is 0. The third kappa shape index (κ3) is 6.46. The molecule has 0 saturated heterocycles. The van der Waals surface area contributed by atoms with Gasteiger partial charge in [0.1, 0.15) is 6.10 Å². The van der Waals surface area contributed by atoms with Crippen molar-refractivity contribution in [2.75, 3.05) is 44.4 Å². The van der Waals surface area contributed by atoms with Crippen LogP contribution < -0.4 is 15.4 Å². The normalized spacial score (nSPS) is 19.1. The zero-order chi connectivity index (χ0) is 26.6. The molecule has 1 heterocycles. The molecule has 196 valence electrons. The quantitative estimate of drug-likeness (QED) is 0.546. The standard InChI is InChI=1S/C25H31F3N4O4/c1-15-12-32(16(2)14-33)23(34)19-6-5-7-20(22(19)36-21(15)13-31(3)4)30-24(35)29-18-10-8-17(9-11-18)25(26,27)28/h5-11,15-16,21,33H,12-14H2,1-4H3,(H2,29,30,35)/t15-,16+,21-/m0/s1. The number of fused-ring (bicyclic) bond motifs is 1. The zero-order valence-electron chi connectivity index (χ0n) is 20.6. The molecule has 0 bridgehead atoms. The van der Waals surface area contributed by atoms with Gasteiger partial charge in [0.25, 0.3) is 5.91 Å². The van der Waals surface area contributed by atoms with Crippen molar-refractivity contribution in [1.29, 1.82) is 0 Å². The van der Waals surface area contributed by atoms with Crippen molar-refractivity contribution >= 4 is 23.3 Å². The van der Waals surface area contributed by atoms with Gasteiger partial charge in [0.05, 0.1) is 29.5 Å². The number of ether oxygens (including phenoxy) is 1. The SMILES string of the molecule is C[C@H](CO)N1C[C@H](C)[C@H](CN(C)C)Oc2c(NC(=O)Nc3ccc(C(F)(F)F)cc3)cccc2C1=O. The van der Waals surface area contributed by atoms with Crippen molar-refractivity contribution in [2.24, 2.45) is 5.92 Å². The first-order valence-electron chi connectivity index (χ1n) is 11.5. The average Bonchev–Trinajstić information content (AvgIpc) is 2.80. The maximum Gasteiger partial charge on any atom is 0.416 e. The van der Waals surface area contributed by atoms with Gasteiger partial charge >= 0.3 is 12.2 Å². The van der Waals surface area contributed by atoms with Gasteiger partial charge in [0, 0.05) is 24.7 Å². The van der Waals surface area contributed by atoms with Gasteiger partial charge < -0.3 is 30.3 Å². The molecule has 0 fully saturated rings. The Hall–Kier alpha value is -3.31. The third-order valence-electron chi connectivity index (χ3n) is 5.95. The first kappa shape index (κ1) is 27.3. The molecule has 0 saturated carbocycles. The van der Waals surface area contributed by atoms with E-state index >= 15 is 0 Å². The number of rotatable bonds is 6. The Kier molecular flexibility index (Phi) is 8.47. The van der Waals surface area contributed by atoms with Crippen LogP contribution in [0.15, 0.2) is 42.5 Å². The van der Waals surface area contributed by atoms with Crippen LogP contribution in [-0.4, -0.2) is 72.8 Å². The number of hydrogen-bond acceptors (Lipinski definition) is 5. The summed E-state index contributed by atoms with van der Waals surface area (Å²) in [4.78, 5) is 29.7. The van der Waals surface area contributed by atoms with Crippen LogP contribution in [0.2, 0.25) is 0 Å². The summed E-state index contributed by atoms with van der Waals surface area (Å²) in [6.45, 7) is 4.43. The molecule has 3 amide bonds. The number of anilines is 2. The van der Waals surface area contributed by atoms with E-state index in [9.17, 15) is 27.9 Å². The van der Waals surface area contributed by atoms with Gasteiger partial charge in [0.2, 0.25) is 0 Å². The molecule has 0 unspecified atom stereocenters. The van der Waals surface area contributed by atoms with Crippen molar-refractivity contribution in [1.82, 2.24) is 9.80 Å². The minimum Gasteiger partial charge on any atom is -0.486 e. The van der Waals surface area contributed by atoms with Gasteiger partial charge in [-0.2, -0.15) is 13.2 Å². The van der Waals surface area contributed by atoms with Gasteiger partial charge in [-0.25, -0.2) is 4.79 Å². The fourth-order valence-electron chi connectivity index (χ4n) is 3.95. The summed E-state index contributed by atoms with van der Waals surface area (Å²) in [5.41, 5.74) is -0.191. The smallest absolute Gasteiger partial charge is 0.416 e. The molecule has 2 aromatic rings. The Labute approximate surface area is 208 Å². The largest absolute Gasteiger partial charge is 0.486 e. The van der Waals surface area contributed by atoms with E-state index in [0.29, 0.717) is 13.1 Å².